The maximum Gasteiger partial charge on any atom is 0.317 e. The molecule has 0 bridgehead atoms. The van der Waals surface area contributed by atoms with Gasteiger partial charge in [0.05, 0.1) is 11.5 Å². The molecule has 0 spiro atoms. The van der Waals surface area contributed by atoms with Crippen molar-refractivity contribution in [1.82, 2.24) is 0 Å². The van der Waals surface area contributed by atoms with Crippen molar-refractivity contribution in [3.63, 3.8) is 0 Å². The number of hydrogen-bond acceptors (Lipinski definition) is 7. The lowest BCUT2D eigenvalue weighted by atomic mass is 9.69. The van der Waals surface area contributed by atoms with E-state index in [0.717, 1.165) is 4.88 Å². The van der Waals surface area contributed by atoms with E-state index in [0.29, 0.717) is 22.5 Å². The topological polar surface area (TPSA) is 107 Å². The molecule has 0 fully saturated rings. The first kappa shape index (κ1) is 24.6. The van der Waals surface area contributed by atoms with Gasteiger partial charge in [-0.25, -0.2) is 0 Å². The molecule has 0 saturated heterocycles. The molecule has 1 amide bonds. The normalized spacial score (nSPS) is 21.5. The van der Waals surface area contributed by atoms with Gasteiger partial charge in [0, 0.05) is 52.2 Å². The number of ether oxygens (including phenoxy) is 1. The summed E-state index contributed by atoms with van der Waals surface area (Å²) in [5.74, 6) is -3.48. The quantitative estimate of drug-likeness (QED) is 0.189. The summed E-state index contributed by atoms with van der Waals surface area (Å²) in [5.41, 5.74) is 1.87. The number of ketones is 1. The highest BCUT2D eigenvalue weighted by Gasteiger charge is 2.50. The van der Waals surface area contributed by atoms with Gasteiger partial charge in [-0.05, 0) is 42.5 Å². The third-order valence-electron chi connectivity index (χ3n) is 6.87. The summed E-state index contributed by atoms with van der Waals surface area (Å²) in [6.45, 7) is 1.83. The summed E-state index contributed by atoms with van der Waals surface area (Å²) < 4.78 is 5.34. The molecular formula is C28H24N2O6S. The highest BCUT2D eigenvalue weighted by Crippen LogP contribution is 2.50. The van der Waals surface area contributed by atoms with Gasteiger partial charge in [0.25, 0.3) is 5.69 Å². The molecule has 0 radical (unpaired) electrons. The number of Topliss-reactive ketones (excluding diaryl/α,β-unsaturated/α-hetero) is 1. The average molecular weight is 517 g/mol. The third-order valence-corrected chi connectivity index (χ3v) is 7.87. The molecule has 2 aromatic carbocycles. The Morgan fingerprint density at radius 1 is 1.08 bits per heavy atom. The second kappa shape index (κ2) is 10.1. The summed E-state index contributed by atoms with van der Waals surface area (Å²) >= 11 is 1.45. The Morgan fingerprint density at radius 3 is 2.54 bits per heavy atom. The fraction of sp³-hybridized carbons (Fsp3) is 0.250. The van der Waals surface area contributed by atoms with Crippen LogP contribution in [0.15, 0.2) is 83.4 Å². The number of non-ortho nitro benzene ring substituents is 1. The second-order valence-corrected chi connectivity index (χ2v) is 9.93. The lowest BCUT2D eigenvalue weighted by Gasteiger charge is -2.42. The summed E-state index contributed by atoms with van der Waals surface area (Å²) in [6.07, 6.45) is 0.219. The molecule has 0 N–H and O–H groups in total. The fourth-order valence-electron chi connectivity index (χ4n) is 5.32. The zero-order valence-corrected chi connectivity index (χ0v) is 20.9. The van der Waals surface area contributed by atoms with Crippen molar-refractivity contribution < 1.29 is 24.0 Å². The lowest BCUT2D eigenvalue weighted by Crippen LogP contribution is -2.46. The van der Waals surface area contributed by atoms with Crippen LogP contribution in [0.25, 0.3) is 0 Å². The number of allylic oxidation sites excluding steroid dienone is 2. The van der Waals surface area contributed by atoms with Crippen LogP contribution in [-0.4, -0.2) is 29.2 Å². The maximum atomic E-state index is 14.2. The molecule has 8 nitrogen and oxygen atoms in total. The molecule has 5 rings (SSSR count). The summed E-state index contributed by atoms with van der Waals surface area (Å²) in [6, 6.07) is 18.8. The molecule has 2 heterocycles. The number of hydrogen-bond donors (Lipinski definition) is 0. The molecule has 1 aromatic heterocycles. The number of esters is 1. The average Bonchev–Trinajstić information content (AvgIpc) is 3.43. The number of nitro groups is 1. The predicted octanol–water partition coefficient (Wildman–Crippen LogP) is 5.37. The Bertz CT molecular complexity index is 1400. The number of nitro benzene ring substituents is 1. The van der Waals surface area contributed by atoms with Gasteiger partial charge in [0.1, 0.15) is 5.92 Å². The van der Waals surface area contributed by atoms with Gasteiger partial charge >= 0.3 is 5.97 Å². The smallest absolute Gasteiger partial charge is 0.317 e. The van der Waals surface area contributed by atoms with Crippen LogP contribution in [-0.2, 0) is 19.1 Å². The lowest BCUT2D eigenvalue weighted by molar-refractivity contribution is -0.384. The molecule has 2 aliphatic rings. The monoisotopic (exact) mass is 516 g/mol. The van der Waals surface area contributed by atoms with Gasteiger partial charge in [-0.3, -0.25) is 29.4 Å². The van der Waals surface area contributed by atoms with Crippen LogP contribution in [0, 0.1) is 16.0 Å². The molecule has 0 unspecified atom stereocenters. The van der Waals surface area contributed by atoms with E-state index in [1.165, 1.54) is 23.5 Å². The van der Waals surface area contributed by atoms with Crippen molar-refractivity contribution in [2.45, 2.75) is 31.6 Å². The molecule has 3 atom stereocenters. The van der Waals surface area contributed by atoms with Crippen LogP contribution in [0.4, 0.5) is 11.4 Å². The van der Waals surface area contributed by atoms with Crippen LogP contribution < -0.4 is 4.90 Å². The Balaban J connectivity index is 1.72. The molecule has 0 saturated carbocycles. The van der Waals surface area contributed by atoms with Crippen molar-refractivity contribution in [2.75, 3.05) is 11.5 Å². The van der Waals surface area contributed by atoms with Crippen LogP contribution in [0.1, 0.15) is 42.0 Å². The van der Waals surface area contributed by atoms with E-state index in [-0.39, 0.29) is 31.0 Å². The van der Waals surface area contributed by atoms with Gasteiger partial charge in [-0.15, -0.1) is 11.3 Å². The number of rotatable bonds is 6. The molecule has 1 aliphatic heterocycles. The molecule has 3 aromatic rings. The second-order valence-electron chi connectivity index (χ2n) is 8.95. The summed E-state index contributed by atoms with van der Waals surface area (Å²) in [7, 11) is 0. The van der Waals surface area contributed by atoms with E-state index in [2.05, 4.69) is 0 Å². The minimum atomic E-state index is -1.07. The van der Waals surface area contributed by atoms with Crippen molar-refractivity contribution in [3.8, 4) is 0 Å². The van der Waals surface area contributed by atoms with Crippen LogP contribution in [0.2, 0.25) is 0 Å². The molecular weight excluding hydrogens is 492 g/mol. The Morgan fingerprint density at radius 2 is 1.86 bits per heavy atom. The Hall–Kier alpha value is -4.11. The zero-order valence-electron chi connectivity index (χ0n) is 20.0. The van der Waals surface area contributed by atoms with Gasteiger partial charge in [-0.1, -0.05) is 36.4 Å². The first-order valence-corrected chi connectivity index (χ1v) is 12.9. The van der Waals surface area contributed by atoms with E-state index in [1.807, 2.05) is 35.7 Å². The number of carbonyl (C=O) groups is 3. The maximum absolute atomic E-state index is 14.2. The van der Waals surface area contributed by atoms with Gasteiger partial charge in [0.15, 0.2) is 5.78 Å². The number of para-hydroxylation sites is 1. The number of carbonyl (C=O) groups excluding carboxylic acids is 3. The number of anilines is 1. The number of nitrogens with zero attached hydrogens (tertiary/aromatic N) is 2. The molecule has 9 heteroatoms. The fourth-order valence-corrected chi connectivity index (χ4v) is 6.18. The minimum Gasteiger partial charge on any atom is -0.465 e. The SMILES string of the molecule is CCOC(=O)[C@@H]1C(=O)C2=C(C[C@@H]1c1cccs1)N(c1ccccc1)C(=O)C[C@@H]2c1cccc([N+](=O)[O-])c1. The van der Waals surface area contributed by atoms with Crippen molar-refractivity contribution in [2.24, 2.45) is 5.92 Å². The van der Waals surface area contributed by atoms with Crippen molar-refractivity contribution in [1.29, 1.82) is 0 Å². The van der Waals surface area contributed by atoms with Crippen molar-refractivity contribution >= 4 is 40.4 Å². The van der Waals surface area contributed by atoms with Crippen LogP contribution >= 0.6 is 11.3 Å². The van der Waals surface area contributed by atoms with E-state index in [1.54, 1.807) is 36.1 Å². The van der Waals surface area contributed by atoms with Gasteiger partial charge in [-0.2, -0.15) is 0 Å². The van der Waals surface area contributed by atoms with Crippen LogP contribution in [0.3, 0.4) is 0 Å². The Kier molecular flexibility index (Phi) is 6.71. The number of benzene rings is 2. The molecule has 188 valence electrons. The van der Waals surface area contributed by atoms with Crippen molar-refractivity contribution in [3.05, 3.63) is 104 Å². The number of amides is 1. The highest BCUT2D eigenvalue weighted by molar-refractivity contribution is 7.10. The summed E-state index contributed by atoms with van der Waals surface area (Å²) in [4.78, 5) is 54.4. The van der Waals surface area contributed by atoms with E-state index in [4.69, 9.17) is 4.74 Å². The Labute approximate surface area is 217 Å². The summed E-state index contributed by atoms with van der Waals surface area (Å²) in [5, 5.41) is 13.4. The molecule has 1 aliphatic carbocycles. The van der Waals surface area contributed by atoms with E-state index < -0.39 is 34.4 Å². The van der Waals surface area contributed by atoms with E-state index >= 15 is 0 Å². The largest absolute Gasteiger partial charge is 0.465 e. The van der Waals surface area contributed by atoms with Crippen LogP contribution in [0.5, 0.6) is 0 Å². The number of thiophene rings is 1. The standard InChI is InChI=1S/C28H24N2O6S/c1-2-36-28(33)26-21(23-12-7-13-37-23)15-22-25(27(26)32)20(17-8-6-11-19(14-17)30(34)35)16-24(31)29(22)18-9-4-3-5-10-18/h3-14,20-21,26H,2,15-16H2,1H3/t20-,21-,26+/m1/s1. The zero-order chi connectivity index (χ0) is 26.1. The highest BCUT2D eigenvalue weighted by atomic mass is 32.1. The van der Waals surface area contributed by atoms with E-state index in [9.17, 15) is 24.5 Å². The molecule has 37 heavy (non-hydrogen) atoms. The predicted molar refractivity (Wildman–Crippen MR) is 138 cm³/mol. The van der Waals surface area contributed by atoms with Gasteiger partial charge in [0.2, 0.25) is 5.91 Å². The first-order valence-electron chi connectivity index (χ1n) is 12.0. The van der Waals surface area contributed by atoms with Gasteiger partial charge < -0.3 is 4.74 Å². The third kappa shape index (κ3) is 4.46. The minimum absolute atomic E-state index is 0.0557. The first-order chi connectivity index (χ1) is 17.9.